The summed E-state index contributed by atoms with van der Waals surface area (Å²) in [6.07, 6.45) is 1.83. The molecular formula is C15H14N2S. The second-order valence-corrected chi connectivity index (χ2v) is 5.24. The predicted octanol–water partition coefficient (Wildman–Crippen LogP) is 4.47. The van der Waals surface area contributed by atoms with Crippen molar-refractivity contribution in [3.63, 3.8) is 0 Å². The fraction of sp³-hybridized carbons (Fsp3) is 0.133. The molecule has 3 heteroatoms. The van der Waals surface area contributed by atoms with Crippen LogP contribution >= 0.6 is 11.3 Å². The number of nitrogens with zero attached hydrogens (tertiary/aromatic N) is 1. The Bertz CT molecular complexity index is 646. The Balaban J connectivity index is 1.83. The fourth-order valence-electron chi connectivity index (χ4n) is 2.01. The third kappa shape index (κ3) is 2.22. The monoisotopic (exact) mass is 254 g/mol. The first-order valence-electron chi connectivity index (χ1n) is 5.98. The van der Waals surface area contributed by atoms with Crippen LogP contribution in [0.4, 0.5) is 5.69 Å². The average molecular weight is 254 g/mol. The largest absolute Gasteiger partial charge is 0.377 e. The van der Waals surface area contributed by atoms with Crippen LogP contribution in [0.3, 0.4) is 0 Å². The predicted molar refractivity (Wildman–Crippen MR) is 78.1 cm³/mol. The molecule has 0 saturated heterocycles. The molecule has 0 aliphatic rings. The molecule has 0 saturated carbocycles. The number of benzene rings is 1. The van der Waals surface area contributed by atoms with Gasteiger partial charge in [-0.15, -0.1) is 11.3 Å². The molecule has 0 radical (unpaired) electrons. The van der Waals surface area contributed by atoms with Gasteiger partial charge in [-0.1, -0.05) is 6.07 Å². The highest BCUT2D eigenvalue weighted by Crippen LogP contribution is 2.26. The molecule has 3 aromatic rings. The molecule has 0 aliphatic carbocycles. The van der Waals surface area contributed by atoms with E-state index in [2.05, 4.69) is 46.9 Å². The minimum Gasteiger partial charge on any atom is -0.377 e. The lowest BCUT2D eigenvalue weighted by Crippen LogP contribution is -2.07. The van der Waals surface area contributed by atoms with Crippen LogP contribution in [0, 0.1) is 0 Å². The summed E-state index contributed by atoms with van der Waals surface area (Å²) >= 11 is 1.77. The minimum absolute atomic E-state index is 0.210. The van der Waals surface area contributed by atoms with E-state index in [1.165, 1.54) is 10.1 Å². The maximum atomic E-state index is 4.37. The van der Waals surface area contributed by atoms with Gasteiger partial charge in [0.25, 0.3) is 0 Å². The number of anilines is 1. The quantitative estimate of drug-likeness (QED) is 0.746. The summed E-state index contributed by atoms with van der Waals surface area (Å²) in [5.41, 5.74) is 2.20. The molecule has 1 atom stereocenters. The first kappa shape index (κ1) is 11.2. The van der Waals surface area contributed by atoms with E-state index in [0.717, 1.165) is 11.4 Å². The van der Waals surface area contributed by atoms with Gasteiger partial charge in [0.05, 0.1) is 11.7 Å². The van der Waals surface area contributed by atoms with Crippen molar-refractivity contribution in [2.24, 2.45) is 0 Å². The fourth-order valence-corrected chi connectivity index (χ4v) is 2.78. The highest BCUT2D eigenvalue weighted by molar-refractivity contribution is 7.17. The molecular weight excluding hydrogens is 240 g/mol. The van der Waals surface area contributed by atoms with Gasteiger partial charge in [0.2, 0.25) is 0 Å². The molecule has 1 unspecified atom stereocenters. The zero-order valence-corrected chi connectivity index (χ0v) is 10.9. The lowest BCUT2D eigenvalue weighted by atomic mass is 10.2. The van der Waals surface area contributed by atoms with Crippen LogP contribution in [0.1, 0.15) is 18.7 Å². The van der Waals surface area contributed by atoms with Gasteiger partial charge in [-0.2, -0.15) is 0 Å². The van der Waals surface area contributed by atoms with E-state index in [-0.39, 0.29) is 6.04 Å². The van der Waals surface area contributed by atoms with E-state index in [4.69, 9.17) is 0 Å². The molecule has 3 rings (SSSR count). The Labute approximate surface area is 110 Å². The van der Waals surface area contributed by atoms with Gasteiger partial charge in [0.1, 0.15) is 0 Å². The summed E-state index contributed by atoms with van der Waals surface area (Å²) < 4.78 is 1.33. The van der Waals surface area contributed by atoms with Gasteiger partial charge >= 0.3 is 0 Å². The second kappa shape index (κ2) is 4.78. The van der Waals surface area contributed by atoms with Crippen molar-refractivity contribution in [3.8, 4) is 0 Å². The number of rotatable bonds is 3. The molecule has 0 bridgehead atoms. The molecule has 1 aromatic carbocycles. The number of hydrogen-bond donors (Lipinski definition) is 1. The van der Waals surface area contributed by atoms with Gasteiger partial charge in [0.15, 0.2) is 0 Å². The molecule has 2 nitrogen and oxygen atoms in total. The van der Waals surface area contributed by atoms with Crippen LogP contribution in [-0.4, -0.2) is 4.98 Å². The molecule has 90 valence electrons. The van der Waals surface area contributed by atoms with E-state index < -0.39 is 0 Å². The summed E-state index contributed by atoms with van der Waals surface area (Å²) in [4.78, 5) is 4.37. The Hall–Kier alpha value is -1.87. The van der Waals surface area contributed by atoms with E-state index >= 15 is 0 Å². The lowest BCUT2D eigenvalue weighted by Gasteiger charge is -2.14. The van der Waals surface area contributed by atoms with Crippen LogP contribution in [0.5, 0.6) is 0 Å². The smallest absolute Gasteiger partial charge is 0.0657 e. The Morgan fingerprint density at radius 1 is 1.17 bits per heavy atom. The SMILES string of the molecule is CC(Nc1ccc2sccc2c1)c1ccccn1. The highest BCUT2D eigenvalue weighted by Gasteiger charge is 2.06. The van der Waals surface area contributed by atoms with Crippen LogP contribution < -0.4 is 5.32 Å². The molecule has 0 aliphatic heterocycles. The normalized spacial score (nSPS) is 12.5. The molecule has 0 spiro atoms. The first-order valence-corrected chi connectivity index (χ1v) is 6.85. The van der Waals surface area contributed by atoms with Crippen LogP contribution in [-0.2, 0) is 0 Å². The Morgan fingerprint density at radius 3 is 2.94 bits per heavy atom. The number of nitrogens with one attached hydrogen (secondary N) is 1. The summed E-state index contributed by atoms with van der Waals surface area (Å²) in [5, 5.41) is 6.89. The second-order valence-electron chi connectivity index (χ2n) is 4.29. The average Bonchev–Trinajstić information content (AvgIpc) is 2.87. The number of pyridine rings is 1. The van der Waals surface area contributed by atoms with Gasteiger partial charge in [-0.05, 0) is 54.1 Å². The molecule has 2 aromatic heterocycles. The van der Waals surface area contributed by atoms with Crippen molar-refractivity contribution in [1.82, 2.24) is 4.98 Å². The number of thiophene rings is 1. The lowest BCUT2D eigenvalue weighted by molar-refractivity contribution is 0.840. The highest BCUT2D eigenvalue weighted by atomic mass is 32.1. The molecule has 18 heavy (non-hydrogen) atoms. The van der Waals surface area contributed by atoms with Gasteiger partial charge in [-0.25, -0.2) is 0 Å². The summed E-state index contributed by atoms with van der Waals surface area (Å²) in [6, 6.07) is 14.8. The van der Waals surface area contributed by atoms with Crippen molar-refractivity contribution in [2.45, 2.75) is 13.0 Å². The zero-order valence-electron chi connectivity index (χ0n) is 10.1. The molecule has 0 fully saturated rings. The van der Waals surface area contributed by atoms with Gasteiger partial charge < -0.3 is 5.32 Å². The molecule has 1 N–H and O–H groups in total. The zero-order chi connectivity index (χ0) is 12.4. The third-order valence-electron chi connectivity index (χ3n) is 2.97. The number of hydrogen-bond acceptors (Lipinski definition) is 3. The van der Waals surface area contributed by atoms with Crippen molar-refractivity contribution in [1.29, 1.82) is 0 Å². The Kier molecular flexibility index (Phi) is 2.99. The summed E-state index contributed by atoms with van der Waals surface area (Å²) in [7, 11) is 0. The van der Waals surface area contributed by atoms with Gasteiger partial charge in [-0.3, -0.25) is 4.98 Å². The number of fused-ring (bicyclic) bond motifs is 1. The van der Waals surface area contributed by atoms with E-state index in [9.17, 15) is 0 Å². The Morgan fingerprint density at radius 2 is 2.11 bits per heavy atom. The van der Waals surface area contributed by atoms with Crippen molar-refractivity contribution < 1.29 is 0 Å². The number of aromatic nitrogens is 1. The standard InChI is InChI=1S/C15H14N2S/c1-11(14-4-2-3-8-16-14)17-13-5-6-15-12(10-13)7-9-18-15/h2-11,17H,1H3. The molecule has 0 amide bonds. The maximum Gasteiger partial charge on any atom is 0.0657 e. The summed E-state index contributed by atoms with van der Waals surface area (Å²) in [5.74, 6) is 0. The molecule has 2 heterocycles. The minimum atomic E-state index is 0.210. The summed E-state index contributed by atoms with van der Waals surface area (Å²) in [6.45, 7) is 2.13. The van der Waals surface area contributed by atoms with Crippen LogP contribution in [0.25, 0.3) is 10.1 Å². The first-order chi connectivity index (χ1) is 8.83. The van der Waals surface area contributed by atoms with E-state index in [0.29, 0.717) is 0 Å². The van der Waals surface area contributed by atoms with Crippen LogP contribution in [0.2, 0.25) is 0 Å². The van der Waals surface area contributed by atoms with Crippen LogP contribution in [0.15, 0.2) is 54.0 Å². The van der Waals surface area contributed by atoms with Gasteiger partial charge in [0, 0.05) is 16.6 Å². The van der Waals surface area contributed by atoms with E-state index in [1.54, 1.807) is 11.3 Å². The van der Waals surface area contributed by atoms with Crippen molar-refractivity contribution in [2.75, 3.05) is 5.32 Å². The third-order valence-corrected chi connectivity index (χ3v) is 3.86. The van der Waals surface area contributed by atoms with Crippen molar-refractivity contribution in [3.05, 3.63) is 59.7 Å². The van der Waals surface area contributed by atoms with Crippen molar-refractivity contribution >= 4 is 27.1 Å². The maximum absolute atomic E-state index is 4.37. The topological polar surface area (TPSA) is 24.9 Å². The van der Waals surface area contributed by atoms with E-state index in [1.807, 2.05) is 24.4 Å².